The summed E-state index contributed by atoms with van der Waals surface area (Å²) in [5, 5.41) is 5.00. The van der Waals surface area contributed by atoms with Crippen LogP contribution in [0.25, 0.3) is 88.3 Å². The van der Waals surface area contributed by atoms with Crippen LogP contribution >= 0.6 is 0 Å². The summed E-state index contributed by atoms with van der Waals surface area (Å²) in [4.78, 5) is 2.37. The predicted octanol–water partition coefficient (Wildman–Crippen LogP) is 15.8. The summed E-state index contributed by atoms with van der Waals surface area (Å²) in [6.45, 7) is 0. The van der Waals surface area contributed by atoms with E-state index in [1.807, 2.05) is 0 Å². The van der Waals surface area contributed by atoms with Crippen LogP contribution in [0.5, 0.6) is 0 Å². The van der Waals surface area contributed by atoms with E-state index in [0.717, 1.165) is 17.1 Å². The van der Waals surface area contributed by atoms with Gasteiger partial charge in [0.2, 0.25) is 0 Å². The van der Waals surface area contributed by atoms with Gasteiger partial charge in [0.1, 0.15) is 0 Å². The maximum absolute atomic E-state index is 2.40. The second kappa shape index (κ2) is 13.7. The van der Waals surface area contributed by atoms with Gasteiger partial charge in [-0.1, -0.05) is 152 Å². The van der Waals surface area contributed by atoms with Crippen molar-refractivity contribution in [3.8, 4) is 66.8 Å². The molecule has 0 fully saturated rings. The van der Waals surface area contributed by atoms with Crippen molar-refractivity contribution in [2.45, 2.75) is 0 Å². The lowest BCUT2D eigenvalue weighted by Crippen LogP contribution is -2.10. The number of benzene rings is 10. The summed E-state index contributed by atoms with van der Waals surface area (Å²) in [5.41, 5.74) is 18.5. The first-order valence-electron chi connectivity index (χ1n) is 19.7. The van der Waals surface area contributed by atoms with Gasteiger partial charge in [-0.25, -0.2) is 0 Å². The number of nitrogens with zero attached hydrogens (tertiary/aromatic N) is 1. The number of hydrogen-bond donors (Lipinski definition) is 0. The monoisotopic (exact) mass is 723 g/mol. The summed E-state index contributed by atoms with van der Waals surface area (Å²) >= 11 is 0. The molecule has 0 bridgehead atoms. The van der Waals surface area contributed by atoms with Crippen molar-refractivity contribution in [3.63, 3.8) is 0 Å². The highest BCUT2D eigenvalue weighted by Crippen LogP contribution is 2.52. The SMILES string of the molecule is c1ccc(-c2ccc(N(c3ccc(-c4ccccc4)cc3)c3ccc4cc5c(cc4c3)-c3cc4cc(-c6ccccc6)c(-c6ccccc6)cc4cc3-5)cc2)cc1. The molecule has 1 aliphatic rings. The fraction of sp³-hybridized carbons (Fsp3) is 0. The Labute approximate surface area is 333 Å². The molecule has 0 saturated carbocycles. The third-order valence-electron chi connectivity index (χ3n) is 11.5. The minimum absolute atomic E-state index is 1.12. The first-order chi connectivity index (χ1) is 28.2. The number of fused-ring (bicyclic) bond motifs is 6. The maximum Gasteiger partial charge on any atom is 0.0468 e. The molecule has 0 unspecified atom stereocenters. The van der Waals surface area contributed by atoms with Gasteiger partial charge in [0.15, 0.2) is 0 Å². The van der Waals surface area contributed by atoms with E-state index in [1.54, 1.807) is 0 Å². The third kappa shape index (κ3) is 5.89. The van der Waals surface area contributed by atoms with E-state index in [-0.39, 0.29) is 0 Å². The minimum Gasteiger partial charge on any atom is -0.310 e. The predicted molar refractivity (Wildman–Crippen MR) is 242 cm³/mol. The van der Waals surface area contributed by atoms with Crippen LogP contribution in [-0.2, 0) is 0 Å². The summed E-state index contributed by atoms with van der Waals surface area (Å²) in [7, 11) is 0. The van der Waals surface area contributed by atoms with Crippen molar-refractivity contribution in [1.82, 2.24) is 0 Å². The molecule has 0 saturated heterocycles. The lowest BCUT2D eigenvalue weighted by molar-refractivity contribution is 1.29. The zero-order valence-electron chi connectivity index (χ0n) is 31.3. The van der Waals surface area contributed by atoms with Crippen molar-refractivity contribution in [2.75, 3.05) is 4.90 Å². The van der Waals surface area contributed by atoms with E-state index in [9.17, 15) is 0 Å². The number of hydrogen-bond acceptors (Lipinski definition) is 1. The smallest absolute Gasteiger partial charge is 0.0468 e. The number of anilines is 3. The van der Waals surface area contributed by atoms with Crippen LogP contribution in [0.2, 0.25) is 0 Å². The highest BCUT2D eigenvalue weighted by molar-refractivity contribution is 6.13. The zero-order chi connectivity index (χ0) is 37.7. The van der Waals surface area contributed by atoms with E-state index < -0.39 is 0 Å². The Morgan fingerprint density at radius 1 is 0.193 bits per heavy atom. The van der Waals surface area contributed by atoms with Gasteiger partial charge < -0.3 is 4.90 Å². The standard InChI is InChI=1S/C56H37N/c1-5-13-38(14-6-1)40-21-26-48(27-22-40)57(49-28-23-41(24-29-49)39-15-7-2-8-16-39)50-30-25-44-32-53-54(35-45(44)31-50)56-37-47-34-52(43-19-11-4-12-20-43)51(33-46(47)36-55(53)56)42-17-9-3-10-18-42/h1-37H. The molecule has 10 aromatic rings. The molecule has 1 nitrogen and oxygen atoms in total. The molecule has 11 rings (SSSR count). The van der Waals surface area contributed by atoms with Crippen molar-refractivity contribution < 1.29 is 0 Å². The second-order valence-corrected chi connectivity index (χ2v) is 15.0. The molecule has 1 aliphatic carbocycles. The largest absolute Gasteiger partial charge is 0.310 e. The molecule has 0 radical (unpaired) electrons. The summed E-state index contributed by atoms with van der Waals surface area (Å²) in [5.74, 6) is 0. The van der Waals surface area contributed by atoms with Crippen molar-refractivity contribution in [2.24, 2.45) is 0 Å². The summed E-state index contributed by atoms with van der Waals surface area (Å²) < 4.78 is 0. The average Bonchev–Trinajstić information content (AvgIpc) is 3.29. The Hall–Kier alpha value is -7.48. The Bertz CT molecular complexity index is 2980. The van der Waals surface area contributed by atoms with Crippen LogP contribution in [0.3, 0.4) is 0 Å². The van der Waals surface area contributed by atoms with Crippen LogP contribution in [0.15, 0.2) is 224 Å². The molecule has 10 aromatic carbocycles. The lowest BCUT2D eigenvalue weighted by atomic mass is 9.77. The van der Waals surface area contributed by atoms with E-state index in [2.05, 4.69) is 229 Å². The second-order valence-electron chi connectivity index (χ2n) is 15.0. The Morgan fingerprint density at radius 3 is 0.895 bits per heavy atom. The molecule has 0 aliphatic heterocycles. The first-order valence-corrected chi connectivity index (χ1v) is 19.7. The van der Waals surface area contributed by atoms with E-state index >= 15 is 0 Å². The molecule has 0 heterocycles. The van der Waals surface area contributed by atoms with Crippen molar-refractivity contribution >= 4 is 38.6 Å². The van der Waals surface area contributed by atoms with Crippen LogP contribution in [0, 0.1) is 0 Å². The molecule has 0 spiro atoms. The maximum atomic E-state index is 2.40. The highest BCUT2D eigenvalue weighted by Gasteiger charge is 2.25. The van der Waals surface area contributed by atoms with Gasteiger partial charge in [-0.2, -0.15) is 0 Å². The Morgan fingerprint density at radius 2 is 0.491 bits per heavy atom. The number of rotatable bonds is 7. The van der Waals surface area contributed by atoms with Gasteiger partial charge in [-0.05, 0) is 161 Å². The molecule has 57 heavy (non-hydrogen) atoms. The van der Waals surface area contributed by atoms with Crippen LogP contribution in [0.1, 0.15) is 0 Å². The molecule has 0 amide bonds. The average molecular weight is 724 g/mol. The molecular weight excluding hydrogens is 687 g/mol. The molecular formula is C56H37N. The Kier molecular flexibility index (Phi) is 7.89. The van der Waals surface area contributed by atoms with E-state index in [0.29, 0.717) is 0 Å². The fourth-order valence-corrected chi connectivity index (χ4v) is 8.63. The first kappa shape index (κ1) is 32.9. The van der Waals surface area contributed by atoms with Crippen LogP contribution in [-0.4, -0.2) is 0 Å². The molecule has 266 valence electrons. The van der Waals surface area contributed by atoms with Gasteiger partial charge in [-0.15, -0.1) is 0 Å². The van der Waals surface area contributed by atoms with Gasteiger partial charge in [0.05, 0.1) is 0 Å². The van der Waals surface area contributed by atoms with Crippen LogP contribution in [0.4, 0.5) is 17.1 Å². The molecule has 0 aromatic heterocycles. The quantitative estimate of drug-likeness (QED) is 0.158. The van der Waals surface area contributed by atoms with E-state index in [4.69, 9.17) is 0 Å². The molecule has 0 N–H and O–H groups in total. The van der Waals surface area contributed by atoms with Gasteiger partial charge in [0.25, 0.3) is 0 Å². The van der Waals surface area contributed by atoms with Gasteiger partial charge in [-0.3, -0.25) is 0 Å². The van der Waals surface area contributed by atoms with Gasteiger partial charge >= 0.3 is 0 Å². The Balaban J connectivity index is 1.00. The summed E-state index contributed by atoms with van der Waals surface area (Å²) in [6.07, 6.45) is 0. The topological polar surface area (TPSA) is 3.24 Å². The van der Waals surface area contributed by atoms with Crippen molar-refractivity contribution in [3.05, 3.63) is 224 Å². The fourth-order valence-electron chi connectivity index (χ4n) is 8.63. The zero-order valence-corrected chi connectivity index (χ0v) is 31.3. The van der Waals surface area contributed by atoms with Crippen molar-refractivity contribution in [1.29, 1.82) is 0 Å². The summed E-state index contributed by atoms with van der Waals surface area (Å²) in [6, 6.07) is 81.8. The normalized spacial score (nSPS) is 11.5. The minimum atomic E-state index is 1.12. The molecule has 0 atom stereocenters. The lowest BCUT2D eigenvalue weighted by Gasteiger charge is -2.28. The highest BCUT2D eigenvalue weighted by atomic mass is 15.1. The third-order valence-corrected chi connectivity index (χ3v) is 11.5. The molecule has 1 heteroatoms. The van der Waals surface area contributed by atoms with Crippen LogP contribution < -0.4 is 4.90 Å². The van der Waals surface area contributed by atoms with Gasteiger partial charge in [0, 0.05) is 17.1 Å². The van der Waals surface area contributed by atoms with E-state index in [1.165, 1.54) is 88.3 Å².